The van der Waals surface area contributed by atoms with E-state index in [9.17, 15) is 4.79 Å². The highest BCUT2D eigenvalue weighted by Gasteiger charge is 2.21. The molecule has 1 aliphatic heterocycles. The van der Waals surface area contributed by atoms with Crippen molar-refractivity contribution in [1.82, 2.24) is 20.4 Å². The maximum absolute atomic E-state index is 12.4. The summed E-state index contributed by atoms with van der Waals surface area (Å²) in [5.41, 5.74) is 6.50. The smallest absolute Gasteiger partial charge is 0.251 e. The zero-order valence-corrected chi connectivity index (χ0v) is 17.0. The van der Waals surface area contributed by atoms with Gasteiger partial charge in [0.15, 0.2) is 0 Å². The van der Waals surface area contributed by atoms with Gasteiger partial charge in [-0.25, -0.2) is 0 Å². The van der Waals surface area contributed by atoms with Crippen LogP contribution in [0.2, 0.25) is 0 Å². The summed E-state index contributed by atoms with van der Waals surface area (Å²) in [7, 11) is 4.09. The predicted octanol–water partition coefficient (Wildman–Crippen LogP) is 2.57. The van der Waals surface area contributed by atoms with Crippen molar-refractivity contribution in [3.8, 4) is 0 Å². The molecule has 150 valence electrons. The molecule has 0 unspecified atom stereocenters. The summed E-state index contributed by atoms with van der Waals surface area (Å²) in [6.07, 6.45) is 0.949. The van der Waals surface area contributed by atoms with Gasteiger partial charge in [-0.2, -0.15) is 5.10 Å². The molecule has 1 amide bonds. The van der Waals surface area contributed by atoms with Gasteiger partial charge >= 0.3 is 0 Å². The molecule has 6 nitrogen and oxygen atoms in total. The second-order valence-electron chi connectivity index (χ2n) is 7.57. The van der Waals surface area contributed by atoms with Crippen LogP contribution in [0.5, 0.6) is 0 Å². The number of rotatable bonds is 6. The van der Waals surface area contributed by atoms with Crippen molar-refractivity contribution in [2.45, 2.75) is 26.1 Å². The highest BCUT2D eigenvalue weighted by molar-refractivity contribution is 5.94. The van der Waals surface area contributed by atoms with Crippen LogP contribution >= 0.6 is 0 Å². The Morgan fingerprint density at radius 3 is 2.62 bits per heavy atom. The van der Waals surface area contributed by atoms with Gasteiger partial charge in [-0.1, -0.05) is 30.3 Å². The van der Waals surface area contributed by atoms with Crippen molar-refractivity contribution in [3.05, 3.63) is 82.7 Å². The third kappa shape index (κ3) is 4.32. The molecule has 6 heteroatoms. The molecule has 2 N–H and O–H groups in total. The molecule has 3 aromatic rings. The van der Waals surface area contributed by atoms with E-state index in [2.05, 4.69) is 44.5 Å². The lowest BCUT2D eigenvalue weighted by molar-refractivity contribution is 0.0950. The third-order valence-corrected chi connectivity index (χ3v) is 5.33. The molecular weight excluding hydrogens is 362 g/mol. The van der Waals surface area contributed by atoms with E-state index in [0.717, 1.165) is 31.7 Å². The normalized spacial score (nSPS) is 13.0. The fourth-order valence-electron chi connectivity index (χ4n) is 3.69. The Morgan fingerprint density at radius 2 is 1.90 bits per heavy atom. The molecule has 0 fully saturated rings. The van der Waals surface area contributed by atoms with Gasteiger partial charge in [0.05, 0.1) is 18.8 Å². The van der Waals surface area contributed by atoms with E-state index in [-0.39, 0.29) is 5.91 Å². The zero-order chi connectivity index (χ0) is 20.2. The largest absolute Gasteiger partial charge is 0.378 e. The van der Waals surface area contributed by atoms with E-state index >= 15 is 0 Å². The number of carbonyl (C=O) groups is 1. The lowest BCUT2D eigenvalue weighted by Crippen LogP contribution is -2.27. The number of fused-ring (bicyclic) bond motifs is 1. The van der Waals surface area contributed by atoms with Gasteiger partial charge in [0.25, 0.3) is 5.91 Å². The minimum atomic E-state index is -0.0723. The molecule has 0 atom stereocenters. The van der Waals surface area contributed by atoms with Gasteiger partial charge in [-0.15, -0.1) is 0 Å². The molecular formula is C23H27N5O. The van der Waals surface area contributed by atoms with Gasteiger partial charge in [0.2, 0.25) is 0 Å². The van der Waals surface area contributed by atoms with Crippen LogP contribution in [0, 0.1) is 0 Å². The first kappa shape index (κ1) is 19.2. The Bertz CT molecular complexity index is 977. The number of amides is 1. The van der Waals surface area contributed by atoms with Crippen molar-refractivity contribution >= 4 is 11.6 Å². The lowest BCUT2D eigenvalue weighted by Gasteiger charge is -2.16. The third-order valence-electron chi connectivity index (χ3n) is 5.33. The number of anilines is 1. The van der Waals surface area contributed by atoms with Crippen LogP contribution in [0.1, 0.15) is 32.9 Å². The standard InChI is InChI=1S/C23H27N5O/c1-27(2)19-10-8-17(9-11-19)16-28-22-12-13-24-14-20(22)21(26-28)15-25-23(29)18-6-4-3-5-7-18/h3-11,24H,12-16H2,1-2H3,(H,25,29). The van der Waals surface area contributed by atoms with Crippen molar-refractivity contribution < 1.29 is 4.79 Å². The molecule has 2 heterocycles. The molecule has 29 heavy (non-hydrogen) atoms. The number of hydrogen-bond acceptors (Lipinski definition) is 4. The van der Waals surface area contributed by atoms with Crippen LogP contribution in [0.4, 0.5) is 5.69 Å². The number of benzene rings is 2. The van der Waals surface area contributed by atoms with Gasteiger partial charge in [-0.3, -0.25) is 9.48 Å². The van der Waals surface area contributed by atoms with Gasteiger partial charge in [-0.05, 0) is 29.8 Å². The number of carbonyl (C=O) groups excluding carboxylic acids is 1. The Morgan fingerprint density at radius 1 is 1.14 bits per heavy atom. The average Bonchev–Trinajstić information content (AvgIpc) is 3.10. The van der Waals surface area contributed by atoms with E-state index in [4.69, 9.17) is 5.10 Å². The minimum absolute atomic E-state index is 0.0723. The minimum Gasteiger partial charge on any atom is -0.378 e. The van der Waals surface area contributed by atoms with Crippen molar-refractivity contribution in [2.24, 2.45) is 0 Å². The van der Waals surface area contributed by atoms with Crippen LogP contribution in [0.25, 0.3) is 0 Å². The molecule has 0 saturated carbocycles. The van der Waals surface area contributed by atoms with Crippen LogP contribution in [0.3, 0.4) is 0 Å². The Hall–Kier alpha value is -3.12. The molecule has 1 aliphatic rings. The van der Waals surface area contributed by atoms with Crippen LogP contribution in [-0.2, 0) is 26.1 Å². The summed E-state index contributed by atoms with van der Waals surface area (Å²) in [6, 6.07) is 17.9. The first-order valence-electron chi connectivity index (χ1n) is 9.99. The first-order chi connectivity index (χ1) is 14.1. The summed E-state index contributed by atoms with van der Waals surface area (Å²) in [6.45, 7) is 2.92. The van der Waals surface area contributed by atoms with Gasteiger partial charge in [0, 0.05) is 56.1 Å². The number of nitrogens with one attached hydrogen (secondary N) is 2. The van der Waals surface area contributed by atoms with Crippen molar-refractivity contribution in [3.63, 3.8) is 0 Å². The molecule has 0 spiro atoms. The monoisotopic (exact) mass is 389 g/mol. The number of hydrogen-bond donors (Lipinski definition) is 2. The van der Waals surface area contributed by atoms with Crippen LogP contribution in [-0.4, -0.2) is 36.3 Å². The number of aromatic nitrogens is 2. The lowest BCUT2D eigenvalue weighted by atomic mass is 10.1. The van der Waals surface area contributed by atoms with Crippen LogP contribution < -0.4 is 15.5 Å². The van der Waals surface area contributed by atoms with Gasteiger partial charge in [0.1, 0.15) is 0 Å². The zero-order valence-electron chi connectivity index (χ0n) is 17.0. The second-order valence-corrected chi connectivity index (χ2v) is 7.57. The quantitative estimate of drug-likeness (QED) is 0.680. The maximum atomic E-state index is 12.4. The van der Waals surface area contributed by atoms with E-state index in [1.165, 1.54) is 22.5 Å². The Kier molecular flexibility index (Phi) is 5.62. The fourth-order valence-corrected chi connectivity index (χ4v) is 3.69. The molecule has 0 radical (unpaired) electrons. The second kappa shape index (κ2) is 8.49. The van der Waals surface area contributed by atoms with E-state index in [1.54, 1.807) is 0 Å². The molecule has 4 rings (SSSR count). The highest BCUT2D eigenvalue weighted by Crippen LogP contribution is 2.21. The van der Waals surface area contributed by atoms with E-state index < -0.39 is 0 Å². The summed E-state index contributed by atoms with van der Waals surface area (Å²) < 4.78 is 2.10. The van der Waals surface area contributed by atoms with E-state index in [1.807, 2.05) is 44.4 Å². The van der Waals surface area contributed by atoms with Gasteiger partial charge < -0.3 is 15.5 Å². The Balaban J connectivity index is 1.51. The summed E-state index contributed by atoms with van der Waals surface area (Å²) in [5.74, 6) is -0.0723. The predicted molar refractivity (Wildman–Crippen MR) is 115 cm³/mol. The molecule has 0 saturated heterocycles. The summed E-state index contributed by atoms with van der Waals surface area (Å²) in [4.78, 5) is 14.5. The fraction of sp³-hybridized carbons (Fsp3) is 0.304. The van der Waals surface area contributed by atoms with Crippen LogP contribution in [0.15, 0.2) is 54.6 Å². The summed E-state index contributed by atoms with van der Waals surface area (Å²) in [5, 5.41) is 11.3. The molecule has 0 aliphatic carbocycles. The summed E-state index contributed by atoms with van der Waals surface area (Å²) >= 11 is 0. The van der Waals surface area contributed by atoms with Crippen molar-refractivity contribution in [2.75, 3.05) is 25.5 Å². The SMILES string of the molecule is CN(C)c1ccc(Cn2nc(CNC(=O)c3ccccc3)c3c2CCNC3)cc1. The Labute approximate surface area is 171 Å². The topological polar surface area (TPSA) is 62.2 Å². The van der Waals surface area contributed by atoms with Crippen molar-refractivity contribution in [1.29, 1.82) is 0 Å². The molecule has 1 aromatic heterocycles. The first-order valence-corrected chi connectivity index (χ1v) is 9.99. The molecule has 0 bridgehead atoms. The molecule has 2 aromatic carbocycles. The average molecular weight is 390 g/mol. The highest BCUT2D eigenvalue weighted by atomic mass is 16.1. The number of nitrogens with zero attached hydrogens (tertiary/aromatic N) is 3. The maximum Gasteiger partial charge on any atom is 0.251 e. The van der Waals surface area contributed by atoms with E-state index in [0.29, 0.717) is 12.1 Å².